The van der Waals surface area contributed by atoms with Crippen LogP contribution < -0.4 is 0 Å². The van der Waals surface area contributed by atoms with Crippen molar-refractivity contribution in [2.24, 2.45) is 0 Å². The second-order valence-corrected chi connectivity index (χ2v) is 13.3. The SMILES string of the molecule is CCCCCCCCCCCCCCN(CCCOP(=O)(O)CC)CCCOP(=O)(O)CC. The lowest BCUT2D eigenvalue weighted by Gasteiger charge is -2.23. The van der Waals surface area contributed by atoms with Crippen LogP contribution in [-0.2, 0) is 18.2 Å². The third-order valence-corrected chi connectivity index (χ3v) is 8.72. The number of hydrogen-bond acceptors (Lipinski definition) is 5. The Bertz CT molecular complexity index is 503. The van der Waals surface area contributed by atoms with Crippen molar-refractivity contribution in [1.29, 1.82) is 0 Å². The molecule has 9 heteroatoms. The fourth-order valence-electron chi connectivity index (χ4n) is 3.69. The minimum Gasteiger partial charge on any atom is -0.324 e. The highest BCUT2D eigenvalue weighted by molar-refractivity contribution is 7.53. The van der Waals surface area contributed by atoms with Gasteiger partial charge in [-0.1, -0.05) is 91.4 Å². The van der Waals surface area contributed by atoms with Crippen molar-refractivity contribution in [3.8, 4) is 0 Å². The van der Waals surface area contributed by atoms with Crippen molar-refractivity contribution < 1.29 is 28.0 Å². The third-order valence-electron chi connectivity index (χ3n) is 5.95. The van der Waals surface area contributed by atoms with Crippen LogP contribution in [0.15, 0.2) is 0 Å². The Morgan fingerprint density at radius 1 is 0.545 bits per heavy atom. The van der Waals surface area contributed by atoms with Gasteiger partial charge in [0.1, 0.15) is 0 Å². The van der Waals surface area contributed by atoms with Crippen LogP contribution in [0, 0.1) is 0 Å². The Morgan fingerprint density at radius 3 is 1.24 bits per heavy atom. The predicted octanol–water partition coefficient (Wildman–Crippen LogP) is 7.21. The molecule has 33 heavy (non-hydrogen) atoms. The average molecular weight is 514 g/mol. The van der Waals surface area contributed by atoms with Gasteiger partial charge in [-0.25, -0.2) is 0 Å². The highest BCUT2D eigenvalue weighted by atomic mass is 31.2. The molecule has 2 atom stereocenters. The van der Waals surface area contributed by atoms with Crippen LogP contribution >= 0.6 is 15.2 Å². The van der Waals surface area contributed by atoms with Gasteiger partial charge in [-0.2, -0.15) is 0 Å². The fraction of sp³-hybridized carbons (Fsp3) is 1.00. The van der Waals surface area contributed by atoms with Gasteiger partial charge < -0.3 is 23.7 Å². The number of unbranched alkanes of at least 4 members (excludes halogenated alkanes) is 11. The van der Waals surface area contributed by atoms with Crippen molar-refractivity contribution in [2.75, 3.05) is 45.2 Å². The van der Waals surface area contributed by atoms with E-state index >= 15 is 0 Å². The molecule has 2 unspecified atom stereocenters. The molecule has 0 saturated carbocycles. The molecule has 0 amide bonds. The zero-order chi connectivity index (χ0) is 24.8. The number of nitrogens with zero attached hydrogens (tertiary/aromatic N) is 1. The van der Waals surface area contributed by atoms with Gasteiger partial charge >= 0.3 is 15.2 Å². The highest BCUT2D eigenvalue weighted by Crippen LogP contribution is 2.41. The van der Waals surface area contributed by atoms with Crippen LogP contribution in [0.3, 0.4) is 0 Å². The molecular formula is C24H53NO6P2. The molecule has 0 heterocycles. The van der Waals surface area contributed by atoms with Crippen LogP contribution in [0.5, 0.6) is 0 Å². The molecule has 0 bridgehead atoms. The van der Waals surface area contributed by atoms with Crippen molar-refractivity contribution in [1.82, 2.24) is 4.90 Å². The minimum atomic E-state index is -3.43. The van der Waals surface area contributed by atoms with Gasteiger partial charge in [0.15, 0.2) is 0 Å². The lowest BCUT2D eigenvalue weighted by Crippen LogP contribution is -2.28. The molecule has 0 saturated heterocycles. The lowest BCUT2D eigenvalue weighted by atomic mass is 10.1. The van der Waals surface area contributed by atoms with Crippen molar-refractivity contribution >= 4 is 15.2 Å². The summed E-state index contributed by atoms with van der Waals surface area (Å²) in [6, 6.07) is 0. The number of hydrogen-bond donors (Lipinski definition) is 2. The molecule has 0 rings (SSSR count). The zero-order valence-electron chi connectivity index (χ0n) is 21.7. The molecule has 7 nitrogen and oxygen atoms in total. The Hall–Kier alpha value is 0.260. The quantitative estimate of drug-likeness (QED) is 0.0983. The summed E-state index contributed by atoms with van der Waals surface area (Å²) in [7, 11) is -6.86. The molecule has 2 N–H and O–H groups in total. The van der Waals surface area contributed by atoms with E-state index in [0.717, 1.165) is 26.1 Å². The summed E-state index contributed by atoms with van der Waals surface area (Å²) in [5.41, 5.74) is 0. The molecule has 0 aliphatic rings. The lowest BCUT2D eigenvalue weighted by molar-refractivity contribution is 0.196. The summed E-state index contributed by atoms with van der Waals surface area (Å²) in [6.45, 7) is 8.63. The maximum absolute atomic E-state index is 11.6. The Kier molecular flexibility index (Phi) is 21.7. The van der Waals surface area contributed by atoms with Crippen LogP contribution in [0.4, 0.5) is 0 Å². The zero-order valence-corrected chi connectivity index (χ0v) is 23.5. The van der Waals surface area contributed by atoms with E-state index in [1.165, 1.54) is 70.6 Å². The first-order chi connectivity index (χ1) is 15.8. The second-order valence-electron chi connectivity index (χ2n) is 9.01. The Labute approximate surface area is 204 Å². The van der Waals surface area contributed by atoms with Gasteiger partial charge in [-0.3, -0.25) is 9.13 Å². The summed E-state index contributed by atoms with van der Waals surface area (Å²) < 4.78 is 33.5. The van der Waals surface area contributed by atoms with Gasteiger partial charge in [0, 0.05) is 25.4 Å². The monoisotopic (exact) mass is 513 g/mol. The van der Waals surface area contributed by atoms with Crippen LogP contribution in [-0.4, -0.2) is 59.9 Å². The summed E-state index contributed by atoms with van der Waals surface area (Å²) >= 11 is 0. The van der Waals surface area contributed by atoms with Crippen LogP contribution in [0.25, 0.3) is 0 Å². The third kappa shape index (κ3) is 22.5. The largest absolute Gasteiger partial charge is 0.327 e. The summed E-state index contributed by atoms with van der Waals surface area (Å²) in [6.07, 6.45) is 17.5. The molecule has 0 fully saturated rings. The van der Waals surface area contributed by atoms with Crippen molar-refractivity contribution in [3.05, 3.63) is 0 Å². The topological polar surface area (TPSA) is 96.3 Å². The summed E-state index contributed by atoms with van der Waals surface area (Å²) in [4.78, 5) is 21.4. The maximum atomic E-state index is 11.6. The highest BCUT2D eigenvalue weighted by Gasteiger charge is 2.17. The average Bonchev–Trinajstić information content (AvgIpc) is 2.79. The Balaban J connectivity index is 4.01. The van der Waals surface area contributed by atoms with Gasteiger partial charge in [-0.15, -0.1) is 0 Å². The van der Waals surface area contributed by atoms with E-state index in [0.29, 0.717) is 12.8 Å². The smallest absolute Gasteiger partial charge is 0.324 e. The van der Waals surface area contributed by atoms with Gasteiger partial charge in [0.2, 0.25) is 0 Å². The van der Waals surface area contributed by atoms with E-state index in [1.54, 1.807) is 13.8 Å². The molecule has 0 aromatic heterocycles. The van der Waals surface area contributed by atoms with Gasteiger partial charge in [-0.05, 0) is 25.8 Å². The second kappa shape index (κ2) is 21.5. The standard InChI is InChI=1S/C24H53NO6P2/c1-4-7-8-9-10-11-12-13-14-15-16-17-20-25(21-18-23-30-32(26,27)5-2)22-19-24-31-33(28,29)6-3/h4-24H2,1-3H3,(H,26,27)(H,28,29). The van der Waals surface area contributed by atoms with E-state index < -0.39 is 15.2 Å². The minimum absolute atomic E-state index is 0.131. The molecule has 0 spiro atoms. The Morgan fingerprint density at radius 2 is 0.879 bits per heavy atom. The van der Waals surface area contributed by atoms with E-state index in [1.807, 2.05) is 0 Å². The summed E-state index contributed by atoms with van der Waals surface area (Å²) in [5, 5.41) is 0. The van der Waals surface area contributed by atoms with Gasteiger partial charge in [0.25, 0.3) is 0 Å². The first-order valence-corrected chi connectivity index (χ1v) is 16.9. The van der Waals surface area contributed by atoms with E-state index in [4.69, 9.17) is 9.05 Å². The molecule has 0 aliphatic heterocycles. The predicted molar refractivity (Wildman–Crippen MR) is 139 cm³/mol. The van der Waals surface area contributed by atoms with Crippen LogP contribution in [0.2, 0.25) is 0 Å². The van der Waals surface area contributed by atoms with E-state index in [9.17, 15) is 18.9 Å². The number of rotatable bonds is 25. The molecule has 0 aromatic carbocycles. The molecule has 0 aromatic rings. The fourth-order valence-corrected chi connectivity index (χ4v) is 4.88. The normalized spacial score (nSPS) is 15.6. The van der Waals surface area contributed by atoms with E-state index in [-0.39, 0.29) is 25.5 Å². The molecule has 0 radical (unpaired) electrons. The molecular weight excluding hydrogens is 460 g/mol. The first-order valence-electron chi connectivity index (χ1n) is 13.4. The first kappa shape index (κ1) is 33.3. The van der Waals surface area contributed by atoms with Gasteiger partial charge in [0.05, 0.1) is 13.2 Å². The maximum Gasteiger partial charge on any atom is 0.327 e. The molecule has 0 aliphatic carbocycles. The molecule has 200 valence electrons. The van der Waals surface area contributed by atoms with E-state index in [2.05, 4.69) is 11.8 Å². The van der Waals surface area contributed by atoms with Crippen LogP contribution in [0.1, 0.15) is 111 Å². The summed E-state index contributed by atoms with van der Waals surface area (Å²) in [5.74, 6) is 0. The van der Waals surface area contributed by atoms with Crippen molar-refractivity contribution in [2.45, 2.75) is 111 Å². The van der Waals surface area contributed by atoms with Crippen molar-refractivity contribution in [3.63, 3.8) is 0 Å².